The van der Waals surface area contributed by atoms with Gasteiger partial charge in [0.2, 0.25) is 0 Å². The maximum Gasteiger partial charge on any atom is 0.251 e. The summed E-state index contributed by atoms with van der Waals surface area (Å²) in [5, 5.41) is 6.14. The molecule has 0 aliphatic heterocycles. The van der Waals surface area contributed by atoms with Gasteiger partial charge in [-0.25, -0.2) is 4.98 Å². The van der Waals surface area contributed by atoms with Crippen molar-refractivity contribution in [3.05, 3.63) is 83.6 Å². The third-order valence-electron chi connectivity index (χ3n) is 4.32. The van der Waals surface area contributed by atoms with Gasteiger partial charge in [0.15, 0.2) is 11.5 Å². The van der Waals surface area contributed by atoms with Crippen LogP contribution in [-0.4, -0.2) is 31.1 Å². The standard InChI is InChI=1S/C23H25N3O3/c1-17-8-7-13-22(26-17)24-14-15-25-23(27)19-10-4-3-9-18(19)16-29-21-12-6-5-11-20(21)28-2/h3-13H,14-16H2,1-2H3,(H,24,26)(H,25,27). The second-order valence-corrected chi connectivity index (χ2v) is 6.44. The van der Waals surface area contributed by atoms with Crippen LogP contribution in [-0.2, 0) is 6.61 Å². The van der Waals surface area contributed by atoms with Crippen LogP contribution >= 0.6 is 0 Å². The number of aromatic nitrogens is 1. The highest BCUT2D eigenvalue weighted by atomic mass is 16.5. The van der Waals surface area contributed by atoms with E-state index >= 15 is 0 Å². The number of nitrogens with one attached hydrogen (secondary N) is 2. The molecule has 0 saturated carbocycles. The van der Waals surface area contributed by atoms with Gasteiger partial charge in [-0.15, -0.1) is 0 Å². The fraction of sp³-hybridized carbons (Fsp3) is 0.217. The number of nitrogens with zero attached hydrogens (tertiary/aromatic N) is 1. The zero-order chi connectivity index (χ0) is 20.5. The molecule has 29 heavy (non-hydrogen) atoms. The van der Waals surface area contributed by atoms with Crippen molar-refractivity contribution in [1.29, 1.82) is 0 Å². The molecular weight excluding hydrogens is 366 g/mol. The minimum absolute atomic E-state index is 0.136. The average Bonchev–Trinajstić information content (AvgIpc) is 2.75. The van der Waals surface area contributed by atoms with E-state index in [-0.39, 0.29) is 12.5 Å². The highest BCUT2D eigenvalue weighted by Gasteiger charge is 2.12. The van der Waals surface area contributed by atoms with E-state index in [1.807, 2.05) is 67.6 Å². The topological polar surface area (TPSA) is 72.5 Å². The Morgan fingerprint density at radius 3 is 2.48 bits per heavy atom. The van der Waals surface area contributed by atoms with Crippen LogP contribution in [0.15, 0.2) is 66.7 Å². The number of hydrogen-bond acceptors (Lipinski definition) is 5. The van der Waals surface area contributed by atoms with Crippen molar-refractivity contribution >= 4 is 11.7 Å². The summed E-state index contributed by atoms with van der Waals surface area (Å²) in [7, 11) is 1.60. The Bertz CT molecular complexity index is 959. The summed E-state index contributed by atoms with van der Waals surface area (Å²) in [5.41, 5.74) is 2.35. The molecule has 0 unspecified atom stereocenters. The van der Waals surface area contributed by atoms with Crippen molar-refractivity contribution in [1.82, 2.24) is 10.3 Å². The Balaban J connectivity index is 1.55. The third kappa shape index (κ3) is 5.72. The molecule has 1 amide bonds. The van der Waals surface area contributed by atoms with Gasteiger partial charge in [0, 0.05) is 29.9 Å². The quantitative estimate of drug-likeness (QED) is 0.543. The highest BCUT2D eigenvalue weighted by Crippen LogP contribution is 2.27. The van der Waals surface area contributed by atoms with Crippen LogP contribution in [0.3, 0.4) is 0 Å². The lowest BCUT2D eigenvalue weighted by molar-refractivity contribution is 0.0952. The Morgan fingerprint density at radius 2 is 1.69 bits per heavy atom. The van der Waals surface area contributed by atoms with Crippen molar-refractivity contribution in [2.45, 2.75) is 13.5 Å². The first kappa shape index (κ1) is 20.2. The zero-order valence-corrected chi connectivity index (χ0v) is 16.6. The van der Waals surface area contributed by atoms with E-state index in [9.17, 15) is 4.79 Å². The minimum atomic E-state index is -0.136. The van der Waals surface area contributed by atoms with E-state index in [4.69, 9.17) is 9.47 Å². The number of carbonyl (C=O) groups excluding carboxylic acids is 1. The third-order valence-corrected chi connectivity index (χ3v) is 4.32. The first-order valence-corrected chi connectivity index (χ1v) is 9.47. The van der Waals surface area contributed by atoms with Crippen LogP contribution in [0.5, 0.6) is 11.5 Å². The van der Waals surface area contributed by atoms with Crippen molar-refractivity contribution in [3.63, 3.8) is 0 Å². The molecule has 0 fully saturated rings. The summed E-state index contributed by atoms with van der Waals surface area (Å²) in [6, 6.07) is 20.7. The lowest BCUT2D eigenvalue weighted by Crippen LogP contribution is -2.29. The summed E-state index contributed by atoms with van der Waals surface area (Å²) in [4.78, 5) is 17.0. The number of pyridine rings is 1. The van der Waals surface area contributed by atoms with Crippen molar-refractivity contribution in [3.8, 4) is 11.5 Å². The predicted molar refractivity (Wildman–Crippen MR) is 114 cm³/mol. The minimum Gasteiger partial charge on any atom is -0.493 e. The highest BCUT2D eigenvalue weighted by molar-refractivity contribution is 5.95. The number of benzene rings is 2. The Hall–Kier alpha value is -3.54. The lowest BCUT2D eigenvalue weighted by Gasteiger charge is -2.13. The Labute approximate surface area is 170 Å². The molecule has 6 nitrogen and oxygen atoms in total. The SMILES string of the molecule is COc1ccccc1OCc1ccccc1C(=O)NCCNc1cccc(C)n1. The van der Waals surface area contributed by atoms with E-state index in [2.05, 4.69) is 15.6 Å². The molecule has 0 spiro atoms. The lowest BCUT2D eigenvalue weighted by atomic mass is 10.1. The van der Waals surface area contributed by atoms with Crippen molar-refractivity contribution < 1.29 is 14.3 Å². The zero-order valence-electron chi connectivity index (χ0n) is 16.6. The molecule has 0 bridgehead atoms. The summed E-state index contributed by atoms with van der Waals surface area (Å²) in [6.07, 6.45) is 0. The monoisotopic (exact) mass is 391 g/mol. The first-order valence-electron chi connectivity index (χ1n) is 9.47. The largest absolute Gasteiger partial charge is 0.493 e. The Kier molecular flexibility index (Phi) is 7.05. The van der Waals surface area contributed by atoms with Crippen LogP contribution < -0.4 is 20.1 Å². The van der Waals surface area contributed by atoms with Crippen molar-refractivity contribution in [2.75, 3.05) is 25.5 Å². The molecule has 2 N–H and O–H groups in total. The fourth-order valence-electron chi connectivity index (χ4n) is 2.86. The number of methoxy groups -OCH3 is 1. The first-order chi connectivity index (χ1) is 14.2. The fourth-order valence-corrected chi connectivity index (χ4v) is 2.86. The second-order valence-electron chi connectivity index (χ2n) is 6.44. The number of para-hydroxylation sites is 2. The van der Waals surface area contributed by atoms with E-state index in [0.717, 1.165) is 17.1 Å². The van der Waals surface area contributed by atoms with E-state index < -0.39 is 0 Å². The molecule has 0 saturated heterocycles. The predicted octanol–water partition coefficient (Wildman–Crippen LogP) is 3.82. The maximum atomic E-state index is 12.6. The number of carbonyl (C=O) groups is 1. The second kappa shape index (κ2) is 10.1. The molecule has 1 aromatic heterocycles. The van der Waals surface area contributed by atoms with Gasteiger partial charge in [0.05, 0.1) is 7.11 Å². The number of amides is 1. The molecule has 3 aromatic rings. The van der Waals surface area contributed by atoms with Gasteiger partial charge in [-0.2, -0.15) is 0 Å². The van der Waals surface area contributed by atoms with E-state index in [1.54, 1.807) is 13.2 Å². The van der Waals surface area contributed by atoms with Gasteiger partial charge in [-0.3, -0.25) is 4.79 Å². The van der Waals surface area contributed by atoms with Gasteiger partial charge in [0.25, 0.3) is 5.91 Å². The molecule has 0 aliphatic rings. The molecule has 150 valence electrons. The summed E-state index contributed by atoms with van der Waals surface area (Å²) >= 11 is 0. The summed E-state index contributed by atoms with van der Waals surface area (Å²) in [5.74, 6) is 1.96. The normalized spacial score (nSPS) is 10.3. The number of hydrogen-bond donors (Lipinski definition) is 2. The molecule has 6 heteroatoms. The molecule has 2 aromatic carbocycles. The van der Waals surface area contributed by atoms with Gasteiger partial charge >= 0.3 is 0 Å². The van der Waals surface area contributed by atoms with Crippen LogP contribution in [0.2, 0.25) is 0 Å². The van der Waals surface area contributed by atoms with Crippen LogP contribution in [0.1, 0.15) is 21.6 Å². The van der Waals surface area contributed by atoms with Gasteiger partial charge < -0.3 is 20.1 Å². The summed E-state index contributed by atoms with van der Waals surface area (Å²) in [6.45, 7) is 3.28. The van der Waals surface area contributed by atoms with Crippen LogP contribution in [0.25, 0.3) is 0 Å². The van der Waals surface area contributed by atoms with Crippen LogP contribution in [0.4, 0.5) is 5.82 Å². The Morgan fingerprint density at radius 1 is 0.931 bits per heavy atom. The van der Waals surface area contributed by atoms with Crippen LogP contribution in [0, 0.1) is 6.92 Å². The van der Waals surface area contributed by atoms with Crippen molar-refractivity contribution in [2.24, 2.45) is 0 Å². The van der Waals surface area contributed by atoms with Gasteiger partial charge in [-0.05, 0) is 37.3 Å². The van der Waals surface area contributed by atoms with E-state index in [0.29, 0.717) is 30.2 Å². The molecule has 1 heterocycles. The smallest absolute Gasteiger partial charge is 0.251 e. The number of aryl methyl sites for hydroxylation is 1. The van der Waals surface area contributed by atoms with Gasteiger partial charge in [-0.1, -0.05) is 36.4 Å². The number of ether oxygens (including phenoxy) is 2. The molecule has 0 atom stereocenters. The van der Waals surface area contributed by atoms with E-state index in [1.165, 1.54) is 0 Å². The average molecular weight is 391 g/mol. The number of anilines is 1. The molecule has 3 rings (SSSR count). The molecule has 0 radical (unpaired) electrons. The maximum absolute atomic E-state index is 12.6. The van der Waals surface area contributed by atoms with Gasteiger partial charge in [0.1, 0.15) is 12.4 Å². The summed E-state index contributed by atoms with van der Waals surface area (Å²) < 4.78 is 11.2. The molecule has 0 aliphatic carbocycles. The molecular formula is C23H25N3O3. The number of rotatable bonds is 9.